The molecule has 0 nitrogen and oxygen atoms in total. The van der Waals surface area contributed by atoms with Crippen molar-refractivity contribution < 1.29 is 17.1 Å². The standard InChI is InChI=1S/C6H6.C5H5.Fe/c1-2-4-6-5-3-1;1-2-4-5-3-1;/h1-6H;1-5H;. The maximum absolute atomic E-state index is 2.00. The molecule has 0 atom stereocenters. The molecular weight excluding hydrogens is 188 g/mol. The van der Waals surface area contributed by atoms with Gasteiger partial charge in [-0.1, -0.05) is 60.7 Å². The van der Waals surface area contributed by atoms with Crippen LogP contribution in [-0.4, -0.2) is 0 Å². The van der Waals surface area contributed by atoms with Crippen molar-refractivity contribution in [3.8, 4) is 0 Å². The van der Waals surface area contributed by atoms with Crippen molar-refractivity contribution in [3.63, 3.8) is 0 Å². The third-order valence-electron chi connectivity index (χ3n) is 1.22. The molecule has 0 fully saturated rings. The van der Waals surface area contributed by atoms with Crippen LogP contribution >= 0.6 is 0 Å². The van der Waals surface area contributed by atoms with Crippen molar-refractivity contribution in [1.29, 1.82) is 0 Å². The zero-order valence-electron chi connectivity index (χ0n) is 6.70. The second-order valence-electron chi connectivity index (χ2n) is 2.12. The van der Waals surface area contributed by atoms with Crippen molar-refractivity contribution in [2.75, 3.05) is 0 Å². The SMILES string of the molecule is [CH]1C=CC=C1.[Fe].c1ccccc1. The molecule has 0 heterocycles. The molecule has 0 aromatic heterocycles. The first kappa shape index (κ1) is 11.2. The second-order valence-corrected chi connectivity index (χ2v) is 2.12. The zero-order chi connectivity index (χ0) is 7.78. The van der Waals surface area contributed by atoms with Crippen molar-refractivity contribution in [2.24, 2.45) is 0 Å². The molecule has 0 bridgehead atoms. The van der Waals surface area contributed by atoms with E-state index in [0.29, 0.717) is 0 Å². The van der Waals surface area contributed by atoms with Crippen molar-refractivity contribution in [2.45, 2.75) is 0 Å². The first-order chi connectivity index (χ1) is 5.50. The van der Waals surface area contributed by atoms with Gasteiger partial charge in [0.15, 0.2) is 0 Å². The molecule has 0 spiro atoms. The molecule has 2 rings (SSSR count). The molecule has 0 aliphatic heterocycles. The summed E-state index contributed by atoms with van der Waals surface area (Å²) in [5, 5.41) is 0. The summed E-state index contributed by atoms with van der Waals surface area (Å²) in [4.78, 5) is 0. The van der Waals surface area contributed by atoms with Gasteiger partial charge in [0.2, 0.25) is 0 Å². The van der Waals surface area contributed by atoms with E-state index in [0.717, 1.165) is 0 Å². The third-order valence-corrected chi connectivity index (χ3v) is 1.22. The minimum absolute atomic E-state index is 0. The van der Waals surface area contributed by atoms with Crippen LogP contribution in [-0.2, 0) is 17.1 Å². The first-order valence-electron chi connectivity index (χ1n) is 3.67. The van der Waals surface area contributed by atoms with Crippen LogP contribution < -0.4 is 0 Å². The van der Waals surface area contributed by atoms with Gasteiger partial charge in [-0.2, -0.15) is 0 Å². The van der Waals surface area contributed by atoms with Crippen LogP contribution in [0.25, 0.3) is 0 Å². The molecule has 1 aliphatic rings. The molecule has 1 radical (unpaired) electrons. The van der Waals surface area contributed by atoms with E-state index < -0.39 is 0 Å². The van der Waals surface area contributed by atoms with E-state index in [9.17, 15) is 0 Å². The predicted molar refractivity (Wildman–Crippen MR) is 49.0 cm³/mol. The van der Waals surface area contributed by atoms with Crippen molar-refractivity contribution in [1.82, 2.24) is 0 Å². The van der Waals surface area contributed by atoms with Crippen molar-refractivity contribution in [3.05, 3.63) is 67.1 Å². The largest absolute Gasteiger partial charge is 0.0767 e. The Morgan fingerprint density at radius 1 is 0.417 bits per heavy atom. The number of rotatable bonds is 0. The van der Waals surface area contributed by atoms with Crippen molar-refractivity contribution >= 4 is 0 Å². The topological polar surface area (TPSA) is 0 Å². The summed E-state index contributed by atoms with van der Waals surface area (Å²) in [7, 11) is 0. The second kappa shape index (κ2) is 8.32. The molecule has 0 amide bonds. The fourth-order valence-corrected chi connectivity index (χ4v) is 0.706. The maximum atomic E-state index is 2.00. The average Bonchev–Trinajstić information content (AvgIpc) is 2.64. The smallest absolute Gasteiger partial charge is 0.00506 e. The minimum Gasteiger partial charge on any atom is -0.0767 e. The number of hydrogen-bond donors (Lipinski definition) is 0. The van der Waals surface area contributed by atoms with Gasteiger partial charge in [-0.3, -0.25) is 0 Å². The molecule has 1 aromatic rings. The Hall–Kier alpha value is -0.781. The third kappa shape index (κ3) is 5.96. The summed E-state index contributed by atoms with van der Waals surface area (Å²) in [6.45, 7) is 0. The van der Waals surface area contributed by atoms with Gasteiger partial charge >= 0.3 is 0 Å². The van der Waals surface area contributed by atoms with Gasteiger partial charge in [0.05, 0.1) is 0 Å². The summed E-state index contributed by atoms with van der Waals surface area (Å²) >= 11 is 0. The molecule has 1 aliphatic carbocycles. The van der Waals surface area contributed by atoms with Gasteiger partial charge in [-0.15, -0.1) is 0 Å². The van der Waals surface area contributed by atoms with E-state index in [1.165, 1.54) is 0 Å². The summed E-state index contributed by atoms with van der Waals surface area (Å²) in [5.41, 5.74) is 0. The van der Waals surface area contributed by atoms with Crippen LogP contribution in [0, 0.1) is 6.42 Å². The molecule has 0 saturated heterocycles. The van der Waals surface area contributed by atoms with Crippen LogP contribution in [0.1, 0.15) is 0 Å². The summed E-state index contributed by atoms with van der Waals surface area (Å²) in [5.74, 6) is 0. The number of benzene rings is 1. The van der Waals surface area contributed by atoms with E-state index in [2.05, 4.69) is 0 Å². The van der Waals surface area contributed by atoms with Crippen LogP contribution in [0.3, 0.4) is 0 Å². The van der Waals surface area contributed by atoms with Gasteiger partial charge in [0, 0.05) is 23.5 Å². The van der Waals surface area contributed by atoms with Crippen LogP contribution in [0.2, 0.25) is 0 Å². The van der Waals surface area contributed by atoms with Crippen LogP contribution in [0.15, 0.2) is 60.7 Å². The Morgan fingerprint density at radius 2 is 0.750 bits per heavy atom. The van der Waals surface area contributed by atoms with Gasteiger partial charge in [-0.05, 0) is 0 Å². The molecule has 0 saturated carbocycles. The number of hydrogen-bond acceptors (Lipinski definition) is 0. The normalized spacial score (nSPS) is 11.3. The van der Waals surface area contributed by atoms with Gasteiger partial charge in [0.25, 0.3) is 0 Å². The Labute approximate surface area is 84.5 Å². The molecule has 0 N–H and O–H groups in total. The van der Waals surface area contributed by atoms with E-state index in [1.807, 2.05) is 67.1 Å². The molecule has 1 heteroatoms. The average molecular weight is 199 g/mol. The molecular formula is C11H11Fe. The zero-order valence-corrected chi connectivity index (χ0v) is 7.81. The summed E-state index contributed by atoms with van der Waals surface area (Å²) in [6.07, 6.45) is 10.0. The van der Waals surface area contributed by atoms with Gasteiger partial charge in [-0.25, -0.2) is 0 Å². The fourth-order valence-electron chi connectivity index (χ4n) is 0.706. The Kier molecular flexibility index (Phi) is 7.78. The Morgan fingerprint density at radius 3 is 0.917 bits per heavy atom. The number of allylic oxidation sites excluding steroid dienone is 4. The molecule has 63 valence electrons. The van der Waals surface area contributed by atoms with E-state index in [-0.39, 0.29) is 17.1 Å². The summed E-state index contributed by atoms with van der Waals surface area (Å²) < 4.78 is 0. The molecule has 1 aromatic carbocycles. The predicted octanol–water partition coefficient (Wildman–Crippen LogP) is 3.00. The quantitative estimate of drug-likeness (QED) is 0.563. The molecule has 0 unspecified atom stereocenters. The minimum atomic E-state index is 0. The summed E-state index contributed by atoms with van der Waals surface area (Å²) in [6, 6.07) is 12.0. The monoisotopic (exact) mass is 199 g/mol. The van der Waals surface area contributed by atoms with Gasteiger partial charge < -0.3 is 0 Å². The van der Waals surface area contributed by atoms with E-state index in [4.69, 9.17) is 0 Å². The Bertz CT molecular complexity index is 187. The fraction of sp³-hybridized carbons (Fsp3) is 0. The maximum Gasteiger partial charge on any atom is 0.00506 e. The first-order valence-corrected chi connectivity index (χ1v) is 3.67. The Balaban J connectivity index is 0.000000189. The van der Waals surface area contributed by atoms with E-state index >= 15 is 0 Å². The molecule has 12 heavy (non-hydrogen) atoms. The van der Waals surface area contributed by atoms with Gasteiger partial charge in [0.1, 0.15) is 0 Å². The van der Waals surface area contributed by atoms with Crippen LogP contribution in [0.4, 0.5) is 0 Å². The van der Waals surface area contributed by atoms with Crippen LogP contribution in [0.5, 0.6) is 0 Å². The van der Waals surface area contributed by atoms with E-state index in [1.54, 1.807) is 0 Å².